The van der Waals surface area contributed by atoms with E-state index < -0.39 is 28.6 Å². The number of amides is 2. The summed E-state index contributed by atoms with van der Waals surface area (Å²) in [6, 6.07) is 2.89. The van der Waals surface area contributed by atoms with E-state index in [0.29, 0.717) is 11.8 Å². The Morgan fingerprint density at radius 1 is 1.29 bits per heavy atom. The van der Waals surface area contributed by atoms with E-state index in [1.165, 1.54) is 12.1 Å². The molecule has 0 aromatic heterocycles. The van der Waals surface area contributed by atoms with Gasteiger partial charge in [0.25, 0.3) is 11.1 Å². The molecule has 2 rings (SSSR count). The lowest BCUT2D eigenvalue weighted by Gasteiger charge is -2.10. The van der Waals surface area contributed by atoms with Crippen LogP contribution in [0.2, 0.25) is 0 Å². The van der Waals surface area contributed by atoms with Crippen LogP contribution in [0, 0.1) is 0 Å². The van der Waals surface area contributed by atoms with Crippen molar-refractivity contribution in [2.45, 2.75) is 20.0 Å². The number of alkyl halides is 3. The molecule has 0 saturated carbocycles. The Bertz CT molecular complexity index is 749. The van der Waals surface area contributed by atoms with Gasteiger partial charge < -0.3 is 5.11 Å². The molecule has 1 saturated heterocycles. The number of hydrogen-bond donors (Lipinski definition) is 1. The topological polar surface area (TPSA) is 57.6 Å². The molecular weight excluding hydrogens is 343 g/mol. The molecule has 1 aliphatic heterocycles. The lowest BCUT2D eigenvalue weighted by atomic mass is 10.1. The number of allylic oxidation sites excluding steroid dienone is 1. The van der Waals surface area contributed by atoms with Crippen LogP contribution in [-0.2, 0) is 11.0 Å². The van der Waals surface area contributed by atoms with Crippen LogP contribution in [0.15, 0.2) is 34.8 Å². The molecule has 1 fully saturated rings. The van der Waals surface area contributed by atoms with Gasteiger partial charge in [-0.25, -0.2) is 0 Å². The molecule has 1 heterocycles. The van der Waals surface area contributed by atoms with Crippen molar-refractivity contribution in [3.8, 4) is 5.75 Å². The van der Waals surface area contributed by atoms with Gasteiger partial charge in [0, 0.05) is 6.54 Å². The van der Waals surface area contributed by atoms with E-state index in [1.54, 1.807) is 6.08 Å². The normalized spacial score (nSPS) is 16.9. The predicted octanol–water partition coefficient (Wildman–Crippen LogP) is 4.41. The zero-order valence-electron chi connectivity index (χ0n) is 12.8. The van der Waals surface area contributed by atoms with Crippen molar-refractivity contribution in [3.05, 3.63) is 45.9 Å². The second-order valence-corrected chi connectivity index (χ2v) is 6.34. The second-order valence-electron chi connectivity index (χ2n) is 5.35. The Balaban J connectivity index is 2.31. The number of aromatic hydroxyl groups is 1. The summed E-state index contributed by atoms with van der Waals surface area (Å²) in [5.74, 6) is -1.44. The maximum atomic E-state index is 12.8. The van der Waals surface area contributed by atoms with Crippen molar-refractivity contribution in [1.82, 2.24) is 4.90 Å². The van der Waals surface area contributed by atoms with Crippen LogP contribution in [0.1, 0.15) is 25.0 Å². The van der Waals surface area contributed by atoms with Gasteiger partial charge in [0.05, 0.1) is 10.5 Å². The number of rotatable bonds is 3. The van der Waals surface area contributed by atoms with Crippen molar-refractivity contribution in [1.29, 1.82) is 0 Å². The van der Waals surface area contributed by atoms with Gasteiger partial charge in [0.15, 0.2) is 0 Å². The summed E-state index contributed by atoms with van der Waals surface area (Å²) in [6.45, 7) is 3.77. The fourth-order valence-electron chi connectivity index (χ4n) is 1.95. The Morgan fingerprint density at radius 2 is 1.96 bits per heavy atom. The summed E-state index contributed by atoms with van der Waals surface area (Å²) >= 11 is 0.671. The molecule has 1 aromatic rings. The van der Waals surface area contributed by atoms with Gasteiger partial charge in [-0.3, -0.25) is 14.5 Å². The van der Waals surface area contributed by atoms with Crippen molar-refractivity contribution < 1.29 is 27.9 Å². The van der Waals surface area contributed by atoms with Crippen LogP contribution in [-0.4, -0.2) is 27.7 Å². The summed E-state index contributed by atoms with van der Waals surface area (Å²) in [5.41, 5.74) is -0.181. The van der Waals surface area contributed by atoms with Crippen molar-refractivity contribution >= 4 is 29.0 Å². The largest absolute Gasteiger partial charge is 0.507 e. The number of benzene rings is 1. The van der Waals surface area contributed by atoms with Gasteiger partial charge >= 0.3 is 6.18 Å². The van der Waals surface area contributed by atoms with Crippen LogP contribution in [0.5, 0.6) is 5.75 Å². The number of thioether (sulfide) groups is 1. The highest BCUT2D eigenvalue weighted by atomic mass is 32.2. The van der Waals surface area contributed by atoms with Gasteiger partial charge in [0.1, 0.15) is 5.75 Å². The SMILES string of the molecule is CC(C)=CCN1C(=O)SC(=Cc2ccc(O)c(C(F)(F)F)c2)C1=O. The van der Waals surface area contributed by atoms with Crippen molar-refractivity contribution in [2.75, 3.05) is 6.54 Å². The molecule has 24 heavy (non-hydrogen) atoms. The molecule has 0 aliphatic carbocycles. The summed E-state index contributed by atoms with van der Waals surface area (Å²) in [4.78, 5) is 25.1. The third-order valence-electron chi connectivity index (χ3n) is 3.18. The summed E-state index contributed by atoms with van der Waals surface area (Å²) in [5, 5.41) is 8.83. The smallest absolute Gasteiger partial charge is 0.419 e. The molecular formula is C16H14F3NO3S. The van der Waals surface area contributed by atoms with Gasteiger partial charge in [-0.15, -0.1) is 0 Å². The first kappa shape index (κ1) is 18.1. The molecule has 1 aliphatic rings. The average Bonchev–Trinajstić information content (AvgIpc) is 2.72. The quantitative estimate of drug-likeness (QED) is 0.643. The first-order valence-electron chi connectivity index (χ1n) is 6.88. The van der Waals surface area contributed by atoms with Gasteiger partial charge in [-0.1, -0.05) is 17.7 Å². The Kier molecular flexibility index (Phi) is 5.08. The third kappa shape index (κ3) is 4.00. The first-order valence-corrected chi connectivity index (χ1v) is 7.70. The lowest BCUT2D eigenvalue weighted by molar-refractivity contribution is -0.138. The highest BCUT2D eigenvalue weighted by molar-refractivity contribution is 8.18. The van der Waals surface area contributed by atoms with E-state index in [2.05, 4.69) is 0 Å². The van der Waals surface area contributed by atoms with E-state index in [0.717, 1.165) is 22.6 Å². The van der Waals surface area contributed by atoms with Crippen LogP contribution >= 0.6 is 11.8 Å². The predicted molar refractivity (Wildman–Crippen MR) is 85.2 cm³/mol. The van der Waals surface area contributed by atoms with Gasteiger partial charge in [-0.05, 0) is 49.4 Å². The number of nitrogens with zero attached hydrogens (tertiary/aromatic N) is 1. The Hall–Kier alpha value is -2.22. The molecule has 128 valence electrons. The van der Waals surface area contributed by atoms with Crippen LogP contribution < -0.4 is 0 Å². The minimum atomic E-state index is -4.71. The van der Waals surface area contributed by atoms with Crippen LogP contribution in [0.4, 0.5) is 18.0 Å². The van der Waals surface area contributed by atoms with E-state index >= 15 is 0 Å². The standard InChI is InChI=1S/C16H14F3NO3S/c1-9(2)5-6-20-14(22)13(24-15(20)23)8-10-3-4-12(21)11(7-10)16(17,18)19/h3-5,7-8,21H,6H2,1-2H3. The Morgan fingerprint density at radius 3 is 2.54 bits per heavy atom. The first-order chi connectivity index (χ1) is 11.1. The number of phenols is 1. The van der Waals surface area contributed by atoms with E-state index in [1.807, 2.05) is 13.8 Å². The van der Waals surface area contributed by atoms with Gasteiger partial charge in [-0.2, -0.15) is 13.2 Å². The summed E-state index contributed by atoms with van der Waals surface area (Å²) < 4.78 is 38.4. The van der Waals surface area contributed by atoms with E-state index in [9.17, 15) is 27.9 Å². The molecule has 0 unspecified atom stereocenters. The molecule has 0 atom stereocenters. The number of halogens is 3. The molecule has 0 spiro atoms. The van der Waals surface area contributed by atoms with Crippen LogP contribution in [0.3, 0.4) is 0 Å². The molecule has 1 N–H and O–H groups in total. The van der Waals surface area contributed by atoms with Gasteiger partial charge in [0.2, 0.25) is 0 Å². The minimum Gasteiger partial charge on any atom is -0.507 e. The fraction of sp³-hybridized carbons (Fsp3) is 0.250. The zero-order valence-corrected chi connectivity index (χ0v) is 13.7. The highest BCUT2D eigenvalue weighted by Crippen LogP contribution is 2.37. The zero-order chi connectivity index (χ0) is 18.1. The minimum absolute atomic E-state index is 0.0426. The number of imide groups is 1. The van der Waals surface area contributed by atoms with Crippen molar-refractivity contribution in [2.24, 2.45) is 0 Å². The number of phenolic OH excluding ortho intramolecular Hbond substituents is 1. The second kappa shape index (κ2) is 6.72. The third-order valence-corrected chi connectivity index (χ3v) is 4.09. The highest BCUT2D eigenvalue weighted by Gasteiger charge is 2.36. The summed E-state index contributed by atoms with van der Waals surface area (Å²) in [6.07, 6.45) is -1.79. The Labute approximate surface area is 140 Å². The van der Waals surface area contributed by atoms with Crippen LogP contribution in [0.25, 0.3) is 6.08 Å². The molecule has 2 amide bonds. The maximum absolute atomic E-state index is 12.8. The molecule has 8 heteroatoms. The van der Waals surface area contributed by atoms with E-state index in [4.69, 9.17) is 0 Å². The molecule has 4 nitrogen and oxygen atoms in total. The number of carbonyl (C=O) groups is 2. The number of hydrogen-bond acceptors (Lipinski definition) is 4. The maximum Gasteiger partial charge on any atom is 0.419 e. The molecule has 0 radical (unpaired) electrons. The number of carbonyl (C=O) groups excluding carboxylic acids is 2. The van der Waals surface area contributed by atoms with Crippen molar-refractivity contribution in [3.63, 3.8) is 0 Å². The molecule has 1 aromatic carbocycles. The van der Waals surface area contributed by atoms with E-state index in [-0.39, 0.29) is 17.0 Å². The molecule has 0 bridgehead atoms. The fourth-order valence-corrected chi connectivity index (χ4v) is 2.80. The average molecular weight is 357 g/mol. The monoisotopic (exact) mass is 357 g/mol. The summed E-state index contributed by atoms with van der Waals surface area (Å²) in [7, 11) is 0. The lowest BCUT2D eigenvalue weighted by Crippen LogP contribution is -2.28.